The van der Waals surface area contributed by atoms with Gasteiger partial charge in [0.05, 0.1) is 12.8 Å². The molecule has 112 valence electrons. The second-order valence-corrected chi connectivity index (χ2v) is 6.45. The number of anilines is 1. The predicted molar refractivity (Wildman–Crippen MR) is 74.7 cm³/mol. The summed E-state index contributed by atoms with van der Waals surface area (Å²) in [4.78, 5) is 4.00. The molecule has 1 aliphatic rings. The number of nitrogens with one attached hydrogen (secondary N) is 1. The lowest BCUT2D eigenvalue weighted by Gasteiger charge is -2.07. The molecule has 2 aromatic heterocycles. The van der Waals surface area contributed by atoms with Crippen molar-refractivity contribution in [3.63, 3.8) is 0 Å². The molecule has 0 atom stereocenters. The molecule has 2 heterocycles. The zero-order valence-corrected chi connectivity index (χ0v) is 12.3. The van der Waals surface area contributed by atoms with E-state index in [4.69, 9.17) is 9.26 Å². The van der Waals surface area contributed by atoms with Crippen LogP contribution in [0.15, 0.2) is 34.0 Å². The Bertz CT molecular complexity index is 720. The highest BCUT2D eigenvalue weighted by Gasteiger charge is 2.30. The Morgan fingerprint density at radius 3 is 2.86 bits per heavy atom. The highest BCUT2D eigenvalue weighted by atomic mass is 32.2. The second kappa shape index (κ2) is 5.36. The first-order valence-corrected chi connectivity index (χ1v) is 8.14. The molecule has 1 aliphatic carbocycles. The standard InChI is InChI=1S/C13H15N3O4S/c1-2-19-12-6-5-10(7-14-12)21(17,18)16-13-11(8-20-15-13)9-3-4-9/h5-9H,2-4H2,1H3,(H,15,16). The number of rotatable bonds is 6. The molecule has 21 heavy (non-hydrogen) atoms. The van der Waals surface area contributed by atoms with Gasteiger partial charge in [0.2, 0.25) is 5.88 Å². The van der Waals surface area contributed by atoms with Crippen LogP contribution in [0.3, 0.4) is 0 Å². The molecule has 0 saturated heterocycles. The molecule has 1 fully saturated rings. The van der Waals surface area contributed by atoms with Gasteiger partial charge < -0.3 is 9.26 Å². The Hall–Kier alpha value is -2.09. The van der Waals surface area contributed by atoms with Crippen LogP contribution in [-0.4, -0.2) is 25.2 Å². The number of hydrogen-bond acceptors (Lipinski definition) is 6. The lowest BCUT2D eigenvalue weighted by atomic mass is 10.2. The van der Waals surface area contributed by atoms with Gasteiger partial charge >= 0.3 is 0 Å². The number of hydrogen-bond donors (Lipinski definition) is 1. The van der Waals surface area contributed by atoms with E-state index < -0.39 is 10.0 Å². The van der Waals surface area contributed by atoms with E-state index in [-0.39, 0.29) is 10.7 Å². The van der Waals surface area contributed by atoms with E-state index in [9.17, 15) is 8.42 Å². The number of pyridine rings is 1. The van der Waals surface area contributed by atoms with E-state index in [0.29, 0.717) is 18.4 Å². The fraction of sp³-hybridized carbons (Fsp3) is 0.385. The van der Waals surface area contributed by atoms with Gasteiger partial charge in [-0.25, -0.2) is 13.4 Å². The average Bonchev–Trinajstić information content (AvgIpc) is 3.20. The zero-order chi connectivity index (χ0) is 14.9. The fourth-order valence-corrected chi connectivity index (χ4v) is 2.92. The SMILES string of the molecule is CCOc1ccc(S(=O)(=O)Nc2nocc2C2CC2)cn1. The Morgan fingerprint density at radius 2 is 2.24 bits per heavy atom. The summed E-state index contributed by atoms with van der Waals surface area (Å²) in [7, 11) is -3.73. The van der Waals surface area contributed by atoms with Crippen LogP contribution in [0.4, 0.5) is 5.82 Å². The van der Waals surface area contributed by atoms with Crippen molar-refractivity contribution < 1.29 is 17.7 Å². The first-order chi connectivity index (χ1) is 10.1. The van der Waals surface area contributed by atoms with Crippen molar-refractivity contribution in [1.82, 2.24) is 10.1 Å². The fourth-order valence-electron chi connectivity index (χ4n) is 1.95. The Morgan fingerprint density at radius 1 is 1.43 bits per heavy atom. The Kier molecular flexibility index (Phi) is 3.54. The van der Waals surface area contributed by atoms with Crippen LogP contribution in [0.1, 0.15) is 31.2 Å². The van der Waals surface area contributed by atoms with E-state index in [1.165, 1.54) is 24.6 Å². The molecule has 1 saturated carbocycles. The number of sulfonamides is 1. The summed E-state index contributed by atoms with van der Waals surface area (Å²) in [5, 5.41) is 3.72. The lowest BCUT2D eigenvalue weighted by molar-refractivity contribution is 0.326. The van der Waals surface area contributed by atoms with Gasteiger partial charge in [-0.2, -0.15) is 0 Å². The summed E-state index contributed by atoms with van der Waals surface area (Å²) in [6, 6.07) is 2.96. The maximum atomic E-state index is 12.3. The predicted octanol–water partition coefficient (Wildman–Crippen LogP) is 2.15. The third-order valence-corrected chi connectivity index (χ3v) is 4.48. The van der Waals surface area contributed by atoms with Gasteiger partial charge in [-0.15, -0.1) is 0 Å². The van der Waals surface area contributed by atoms with Crippen molar-refractivity contribution in [2.24, 2.45) is 0 Å². The van der Waals surface area contributed by atoms with Gasteiger partial charge in [-0.3, -0.25) is 4.72 Å². The smallest absolute Gasteiger partial charge is 0.264 e. The second-order valence-electron chi connectivity index (χ2n) is 4.76. The lowest BCUT2D eigenvalue weighted by Crippen LogP contribution is -2.14. The van der Waals surface area contributed by atoms with Gasteiger partial charge in [0.1, 0.15) is 11.2 Å². The van der Waals surface area contributed by atoms with Crippen molar-refractivity contribution in [2.75, 3.05) is 11.3 Å². The normalized spacial score (nSPS) is 14.9. The quantitative estimate of drug-likeness (QED) is 0.878. The summed E-state index contributed by atoms with van der Waals surface area (Å²) < 4.78 is 37.1. The van der Waals surface area contributed by atoms with Gasteiger partial charge in [-0.05, 0) is 31.7 Å². The van der Waals surface area contributed by atoms with Crippen LogP contribution < -0.4 is 9.46 Å². The van der Waals surface area contributed by atoms with Crippen molar-refractivity contribution in [2.45, 2.75) is 30.6 Å². The molecule has 0 radical (unpaired) electrons. The van der Waals surface area contributed by atoms with Crippen molar-refractivity contribution in [1.29, 1.82) is 0 Å². The minimum atomic E-state index is -3.73. The zero-order valence-electron chi connectivity index (χ0n) is 11.4. The molecule has 0 unspecified atom stereocenters. The third-order valence-electron chi connectivity index (χ3n) is 3.16. The minimum absolute atomic E-state index is 0.0516. The van der Waals surface area contributed by atoms with Crippen LogP contribution in [-0.2, 0) is 10.0 Å². The van der Waals surface area contributed by atoms with Crippen molar-refractivity contribution in [3.8, 4) is 5.88 Å². The maximum absolute atomic E-state index is 12.3. The molecule has 1 N–H and O–H groups in total. The third kappa shape index (κ3) is 2.99. The summed E-state index contributed by atoms with van der Waals surface area (Å²) in [6.45, 7) is 2.30. The molecular formula is C13H15N3O4S. The van der Waals surface area contributed by atoms with Crippen LogP contribution in [0.5, 0.6) is 5.88 Å². The maximum Gasteiger partial charge on any atom is 0.264 e. The molecule has 3 rings (SSSR count). The highest BCUT2D eigenvalue weighted by Crippen LogP contribution is 2.43. The topological polar surface area (TPSA) is 94.3 Å². The monoisotopic (exact) mass is 309 g/mol. The van der Waals surface area contributed by atoms with E-state index in [1.807, 2.05) is 6.92 Å². The van der Waals surface area contributed by atoms with Gasteiger partial charge in [-0.1, -0.05) is 5.16 Å². The van der Waals surface area contributed by atoms with Gasteiger partial charge in [0, 0.05) is 11.6 Å². The Balaban J connectivity index is 1.81. The van der Waals surface area contributed by atoms with E-state index in [0.717, 1.165) is 18.4 Å². The molecule has 0 aliphatic heterocycles. The first-order valence-electron chi connectivity index (χ1n) is 6.66. The van der Waals surface area contributed by atoms with E-state index in [1.54, 1.807) is 0 Å². The molecule has 0 amide bonds. The highest BCUT2D eigenvalue weighted by molar-refractivity contribution is 7.92. The number of aromatic nitrogens is 2. The molecule has 0 spiro atoms. The Labute approximate surface area is 122 Å². The molecule has 0 bridgehead atoms. The van der Waals surface area contributed by atoms with E-state index in [2.05, 4.69) is 14.9 Å². The van der Waals surface area contributed by atoms with Crippen LogP contribution >= 0.6 is 0 Å². The number of nitrogens with zero attached hydrogens (tertiary/aromatic N) is 2. The van der Waals surface area contributed by atoms with Gasteiger partial charge in [0.25, 0.3) is 10.0 Å². The summed E-state index contributed by atoms with van der Waals surface area (Å²) >= 11 is 0. The van der Waals surface area contributed by atoms with E-state index >= 15 is 0 Å². The molecule has 0 aromatic carbocycles. The van der Waals surface area contributed by atoms with Crippen molar-refractivity contribution >= 4 is 15.8 Å². The largest absolute Gasteiger partial charge is 0.478 e. The summed E-state index contributed by atoms with van der Waals surface area (Å²) in [5.41, 5.74) is 0.803. The molecule has 7 nitrogen and oxygen atoms in total. The van der Waals surface area contributed by atoms with Crippen LogP contribution in [0, 0.1) is 0 Å². The minimum Gasteiger partial charge on any atom is -0.478 e. The molecule has 8 heteroatoms. The molecule has 2 aromatic rings. The van der Waals surface area contributed by atoms with Crippen LogP contribution in [0.2, 0.25) is 0 Å². The summed E-state index contributed by atoms with van der Waals surface area (Å²) in [5.74, 6) is 0.982. The van der Waals surface area contributed by atoms with Gasteiger partial charge in [0.15, 0.2) is 5.82 Å². The van der Waals surface area contributed by atoms with Crippen LogP contribution in [0.25, 0.3) is 0 Å². The average molecular weight is 309 g/mol. The van der Waals surface area contributed by atoms with Crippen molar-refractivity contribution in [3.05, 3.63) is 30.2 Å². The summed E-state index contributed by atoms with van der Waals surface area (Å²) in [6.07, 6.45) is 4.80. The molecular weight excluding hydrogens is 294 g/mol. The first kappa shape index (κ1) is 13.9. The number of ether oxygens (including phenoxy) is 1.